The lowest BCUT2D eigenvalue weighted by Gasteiger charge is -1.98. The summed E-state index contributed by atoms with van der Waals surface area (Å²) >= 11 is 2.86. The average Bonchev–Trinajstić information content (AvgIpc) is 2.09. The maximum atomic E-state index is 13.0. The fourth-order valence-electron chi connectivity index (χ4n) is 0.746. The molecule has 0 aromatic heterocycles. The second kappa shape index (κ2) is 4.32. The van der Waals surface area contributed by atoms with E-state index in [1.165, 1.54) is 7.11 Å². The van der Waals surface area contributed by atoms with Gasteiger partial charge in [0.1, 0.15) is 18.7 Å². The summed E-state index contributed by atoms with van der Waals surface area (Å²) in [6.45, 7) is 0. The van der Waals surface area contributed by atoms with Crippen molar-refractivity contribution < 1.29 is 13.6 Å². The lowest BCUT2D eigenvalue weighted by Crippen LogP contribution is -1.91. The molecular weight excluding hydrogens is 244 g/mol. The van der Waals surface area contributed by atoms with E-state index in [-0.39, 0.29) is 10.0 Å². The summed E-state index contributed by atoms with van der Waals surface area (Å²) in [6.07, 6.45) is 1.10. The van der Waals surface area contributed by atoms with Crippen LogP contribution < -0.4 is 0 Å². The topological polar surface area (TPSA) is 21.6 Å². The molecule has 0 unspecified atom stereocenters. The number of nitrogens with zero attached hydrogens (tertiary/aromatic N) is 1. The Hall–Kier alpha value is -0.970. The second-order valence-electron chi connectivity index (χ2n) is 2.20. The summed E-state index contributed by atoms with van der Waals surface area (Å²) in [5, 5.41) is 3.33. The molecule has 0 saturated heterocycles. The minimum Gasteiger partial charge on any atom is -0.399 e. The van der Waals surface area contributed by atoms with Crippen LogP contribution in [0.3, 0.4) is 0 Å². The lowest BCUT2D eigenvalue weighted by atomic mass is 10.2. The van der Waals surface area contributed by atoms with Crippen molar-refractivity contribution in [2.45, 2.75) is 0 Å². The number of benzene rings is 1. The first-order valence-corrected chi connectivity index (χ1v) is 4.15. The van der Waals surface area contributed by atoms with Crippen molar-refractivity contribution in [1.29, 1.82) is 0 Å². The number of hydrogen-bond acceptors (Lipinski definition) is 2. The molecule has 0 aliphatic rings. The molecule has 0 amide bonds. The Morgan fingerprint density at radius 1 is 1.38 bits per heavy atom. The number of oxime groups is 1. The highest BCUT2D eigenvalue weighted by Crippen LogP contribution is 2.18. The molecular formula is C8H6BrF2NO. The number of rotatable bonds is 2. The molecule has 0 aliphatic carbocycles. The summed E-state index contributed by atoms with van der Waals surface area (Å²) in [5.41, 5.74) is 0.0440. The fraction of sp³-hybridized carbons (Fsp3) is 0.125. The van der Waals surface area contributed by atoms with E-state index >= 15 is 0 Å². The molecule has 0 bridgehead atoms. The van der Waals surface area contributed by atoms with Gasteiger partial charge >= 0.3 is 0 Å². The standard InChI is InChI=1S/C8H6BrF2NO/c1-13-12-4-5-2-8(11)6(9)3-7(5)10/h2-4H,1H3/b12-4+. The molecule has 1 aromatic carbocycles. The van der Waals surface area contributed by atoms with Gasteiger partial charge in [-0.3, -0.25) is 0 Å². The Labute approximate surface area is 82.3 Å². The summed E-state index contributed by atoms with van der Waals surface area (Å²) in [4.78, 5) is 4.34. The van der Waals surface area contributed by atoms with Gasteiger partial charge in [-0.05, 0) is 28.1 Å². The van der Waals surface area contributed by atoms with Crippen LogP contribution in [0.1, 0.15) is 5.56 Å². The third-order valence-electron chi connectivity index (χ3n) is 1.34. The van der Waals surface area contributed by atoms with Crippen LogP contribution in [0.4, 0.5) is 8.78 Å². The van der Waals surface area contributed by atoms with E-state index in [1.807, 2.05) is 0 Å². The zero-order valence-corrected chi connectivity index (χ0v) is 8.31. The molecule has 0 spiro atoms. The van der Waals surface area contributed by atoms with Crippen molar-refractivity contribution in [2.75, 3.05) is 7.11 Å². The van der Waals surface area contributed by atoms with Gasteiger partial charge in [0.05, 0.1) is 10.7 Å². The van der Waals surface area contributed by atoms with Gasteiger partial charge in [0.25, 0.3) is 0 Å². The van der Waals surface area contributed by atoms with Crippen LogP contribution in [0.5, 0.6) is 0 Å². The van der Waals surface area contributed by atoms with Crippen molar-refractivity contribution in [3.05, 3.63) is 33.8 Å². The van der Waals surface area contributed by atoms with E-state index in [0.29, 0.717) is 0 Å². The Kier molecular flexibility index (Phi) is 3.36. The molecule has 2 nitrogen and oxygen atoms in total. The molecule has 0 heterocycles. The third-order valence-corrected chi connectivity index (χ3v) is 1.94. The van der Waals surface area contributed by atoms with Gasteiger partial charge in [0.15, 0.2) is 0 Å². The van der Waals surface area contributed by atoms with E-state index < -0.39 is 11.6 Å². The van der Waals surface area contributed by atoms with Crippen molar-refractivity contribution in [2.24, 2.45) is 5.16 Å². The van der Waals surface area contributed by atoms with Crippen LogP contribution in [0.15, 0.2) is 21.8 Å². The molecule has 0 saturated carbocycles. The van der Waals surface area contributed by atoms with E-state index in [9.17, 15) is 8.78 Å². The van der Waals surface area contributed by atoms with Crippen LogP contribution in [0.25, 0.3) is 0 Å². The maximum Gasteiger partial charge on any atom is 0.138 e. The first kappa shape index (κ1) is 10.1. The van der Waals surface area contributed by atoms with Gasteiger partial charge in [-0.15, -0.1) is 0 Å². The summed E-state index contributed by atoms with van der Waals surface area (Å²) < 4.78 is 26.0. The van der Waals surface area contributed by atoms with Crippen LogP contribution in [0.2, 0.25) is 0 Å². The van der Waals surface area contributed by atoms with E-state index in [2.05, 4.69) is 25.9 Å². The second-order valence-corrected chi connectivity index (χ2v) is 3.06. The summed E-state index contributed by atoms with van der Waals surface area (Å²) in [6, 6.07) is 2.06. The van der Waals surface area contributed by atoms with Gasteiger partial charge in [-0.1, -0.05) is 5.16 Å². The number of hydrogen-bond donors (Lipinski definition) is 0. The minimum atomic E-state index is -0.561. The SMILES string of the molecule is CO/N=C/c1cc(F)c(Br)cc1F. The maximum absolute atomic E-state index is 13.0. The van der Waals surface area contributed by atoms with E-state index in [4.69, 9.17) is 0 Å². The van der Waals surface area contributed by atoms with Gasteiger partial charge < -0.3 is 4.84 Å². The van der Waals surface area contributed by atoms with Gasteiger partial charge in [0, 0.05) is 5.56 Å². The fourth-order valence-corrected chi connectivity index (χ4v) is 1.06. The molecule has 70 valence electrons. The minimum absolute atomic E-state index is 0.0440. The monoisotopic (exact) mass is 249 g/mol. The van der Waals surface area contributed by atoms with E-state index in [0.717, 1.165) is 18.3 Å². The summed E-state index contributed by atoms with van der Waals surface area (Å²) in [5.74, 6) is -1.10. The normalized spacial score (nSPS) is 10.8. The van der Waals surface area contributed by atoms with Crippen molar-refractivity contribution in [3.8, 4) is 0 Å². The number of halogens is 3. The molecule has 0 fully saturated rings. The van der Waals surface area contributed by atoms with Crippen molar-refractivity contribution in [1.82, 2.24) is 0 Å². The van der Waals surface area contributed by atoms with Crippen LogP contribution in [-0.2, 0) is 4.84 Å². The van der Waals surface area contributed by atoms with Crippen LogP contribution in [0, 0.1) is 11.6 Å². The Morgan fingerprint density at radius 3 is 2.69 bits per heavy atom. The highest BCUT2D eigenvalue weighted by molar-refractivity contribution is 9.10. The molecule has 0 N–H and O–H groups in total. The zero-order chi connectivity index (χ0) is 9.84. The lowest BCUT2D eigenvalue weighted by molar-refractivity contribution is 0.215. The quantitative estimate of drug-likeness (QED) is 0.449. The zero-order valence-electron chi connectivity index (χ0n) is 6.72. The van der Waals surface area contributed by atoms with Gasteiger partial charge in [-0.2, -0.15) is 0 Å². The van der Waals surface area contributed by atoms with Gasteiger partial charge in [-0.25, -0.2) is 8.78 Å². The Bertz CT molecular complexity index is 341. The highest BCUT2D eigenvalue weighted by Gasteiger charge is 2.05. The summed E-state index contributed by atoms with van der Waals surface area (Å²) in [7, 11) is 1.32. The molecule has 13 heavy (non-hydrogen) atoms. The first-order valence-electron chi connectivity index (χ1n) is 3.36. The van der Waals surface area contributed by atoms with Gasteiger partial charge in [0.2, 0.25) is 0 Å². The van der Waals surface area contributed by atoms with Crippen LogP contribution >= 0.6 is 15.9 Å². The molecule has 0 radical (unpaired) electrons. The van der Waals surface area contributed by atoms with Crippen LogP contribution in [-0.4, -0.2) is 13.3 Å². The molecule has 0 atom stereocenters. The first-order chi connectivity index (χ1) is 6.15. The molecule has 0 aliphatic heterocycles. The van der Waals surface area contributed by atoms with E-state index in [1.54, 1.807) is 0 Å². The smallest absolute Gasteiger partial charge is 0.138 e. The predicted molar refractivity (Wildman–Crippen MR) is 48.7 cm³/mol. The molecule has 1 rings (SSSR count). The van der Waals surface area contributed by atoms with Crippen molar-refractivity contribution in [3.63, 3.8) is 0 Å². The Balaban J connectivity index is 3.08. The third kappa shape index (κ3) is 2.48. The highest BCUT2D eigenvalue weighted by atomic mass is 79.9. The molecule has 1 aromatic rings. The largest absolute Gasteiger partial charge is 0.399 e. The predicted octanol–water partition coefficient (Wildman–Crippen LogP) is 2.71. The molecule has 5 heteroatoms. The Morgan fingerprint density at radius 2 is 2.08 bits per heavy atom. The average molecular weight is 250 g/mol. The van der Waals surface area contributed by atoms with Crippen molar-refractivity contribution >= 4 is 22.1 Å².